The second-order valence-electron chi connectivity index (χ2n) is 5.98. The molecule has 0 spiro atoms. The summed E-state index contributed by atoms with van der Waals surface area (Å²) in [5.74, 6) is 0. The maximum absolute atomic E-state index is 5.82. The molecule has 2 heterocycles. The number of ether oxygens (including phenoxy) is 1. The topological polar surface area (TPSA) is 33.3 Å². The third-order valence-corrected chi connectivity index (χ3v) is 4.31. The molecule has 1 atom stereocenters. The van der Waals surface area contributed by atoms with E-state index in [0.29, 0.717) is 0 Å². The van der Waals surface area contributed by atoms with Crippen molar-refractivity contribution >= 4 is 5.69 Å². The molecule has 3 rings (SSSR count). The number of benzene rings is 1. The zero-order valence-electron chi connectivity index (χ0n) is 11.8. The Labute approximate surface area is 115 Å². The van der Waals surface area contributed by atoms with Crippen LogP contribution in [0.2, 0.25) is 0 Å². The molecule has 0 aromatic heterocycles. The van der Waals surface area contributed by atoms with Crippen LogP contribution in [0.15, 0.2) is 18.2 Å². The number of hydrogen-bond acceptors (Lipinski definition) is 3. The number of anilines is 1. The van der Waals surface area contributed by atoms with Gasteiger partial charge in [-0.05, 0) is 49.8 Å². The Kier molecular flexibility index (Phi) is 3.76. The Hall–Kier alpha value is -1.06. The summed E-state index contributed by atoms with van der Waals surface area (Å²) in [5, 5.41) is 7.07. The van der Waals surface area contributed by atoms with E-state index in [0.717, 1.165) is 26.2 Å². The van der Waals surface area contributed by atoms with Gasteiger partial charge in [0, 0.05) is 31.9 Å². The fraction of sp³-hybridized carbons (Fsp3) is 0.625. The zero-order valence-corrected chi connectivity index (χ0v) is 11.8. The third kappa shape index (κ3) is 2.93. The first-order valence-corrected chi connectivity index (χ1v) is 7.46. The van der Waals surface area contributed by atoms with Crippen molar-refractivity contribution in [1.82, 2.24) is 5.32 Å². The van der Waals surface area contributed by atoms with Crippen LogP contribution in [0.5, 0.6) is 0 Å². The smallest absolute Gasteiger partial charge is 0.0779 e. The van der Waals surface area contributed by atoms with Gasteiger partial charge in [-0.2, -0.15) is 0 Å². The lowest BCUT2D eigenvalue weighted by Crippen LogP contribution is -2.37. The average molecular weight is 260 g/mol. The normalized spacial score (nSPS) is 25.9. The maximum Gasteiger partial charge on any atom is 0.0779 e. The first kappa shape index (κ1) is 12.9. The predicted molar refractivity (Wildman–Crippen MR) is 78.6 cm³/mol. The standard InChI is InChI=1S/C16H24N2O/c1-16(8-4-10-19-16)12-17-11-13-5-2-7-15-14(13)6-3-9-18-15/h2,5,7,17-18H,3-4,6,8-12H2,1H3. The third-order valence-electron chi connectivity index (χ3n) is 4.31. The molecule has 0 bridgehead atoms. The highest BCUT2D eigenvalue weighted by atomic mass is 16.5. The van der Waals surface area contributed by atoms with Crippen LogP contribution in [-0.2, 0) is 17.7 Å². The molecule has 0 saturated carbocycles. The van der Waals surface area contributed by atoms with Gasteiger partial charge in [0.05, 0.1) is 5.60 Å². The van der Waals surface area contributed by atoms with Crippen molar-refractivity contribution in [2.45, 2.75) is 44.8 Å². The van der Waals surface area contributed by atoms with Crippen LogP contribution in [0, 0.1) is 0 Å². The van der Waals surface area contributed by atoms with Crippen molar-refractivity contribution in [2.75, 3.05) is 25.0 Å². The summed E-state index contributed by atoms with van der Waals surface area (Å²) in [4.78, 5) is 0. The van der Waals surface area contributed by atoms with E-state index in [4.69, 9.17) is 4.74 Å². The second-order valence-corrected chi connectivity index (χ2v) is 5.98. The Morgan fingerprint density at radius 3 is 3.16 bits per heavy atom. The Balaban J connectivity index is 1.61. The lowest BCUT2D eigenvalue weighted by atomic mass is 9.97. The molecular weight excluding hydrogens is 236 g/mol. The van der Waals surface area contributed by atoms with Gasteiger partial charge in [0.1, 0.15) is 0 Å². The molecule has 0 radical (unpaired) electrons. The van der Waals surface area contributed by atoms with Gasteiger partial charge in [0.25, 0.3) is 0 Å². The number of rotatable bonds is 4. The van der Waals surface area contributed by atoms with Crippen molar-refractivity contribution in [3.63, 3.8) is 0 Å². The molecule has 19 heavy (non-hydrogen) atoms. The molecule has 0 amide bonds. The molecule has 1 unspecified atom stereocenters. The van der Waals surface area contributed by atoms with Gasteiger partial charge in [-0.15, -0.1) is 0 Å². The van der Waals surface area contributed by atoms with E-state index in [1.54, 1.807) is 0 Å². The minimum Gasteiger partial charge on any atom is -0.385 e. The summed E-state index contributed by atoms with van der Waals surface area (Å²) < 4.78 is 5.82. The molecule has 3 heteroatoms. The van der Waals surface area contributed by atoms with Gasteiger partial charge in [0.15, 0.2) is 0 Å². The first-order chi connectivity index (χ1) is 9.27. The summed E-state index contributed by atoms with van der Waals surface area (Å²) in [7, 11) is 0. The fourth-order valence-corrected chi connectivity index (χ4v) is 3.19. The highest BCUT2D eigenvalue weighted by Crippen LogP contribution is 2.26. The van der Waals surface area contributed by atoms with Crippen molar-refractivity contribution in [1.29, 1.82) is 0 Å². The molecule has 0 aliphatic carbocycles. The van der Waals surface area contributed by atoms with Crippen LogP contribution < -0.4 is 10.6 Å². The molecule has 2 aliphatic heterocycles. The monoisotopic (exact) mass is 260 g/mol. The molecule has 3 nitrogen and oxygen atoms in total. The maximum atomic E-state index is 5.82. The van der Waals surface area contributed by atoms with E-state index in [2.05, 4.69) is 35.8 Å². The molecule has 2 aliphatic rings. The van der Waals surface area contributed by atoms with E-state index >= 15 is 0 Å². The summed E-state index contributed by atoms with van der Waals surface area (Å²) in [6.45, 7) is 6.14. The van der Waals surface area contributed by atoms with E-state index in [1.807, 2.05) is 0 Å². The number of fused-ring (bicyclic) bond motifs is 1. The summed E-state index contributed by atoms with van der Waals surface area (Å²) in [5.41, 5.74) is 4.31. The van der Waals surface area contributed by atoms with Gasteiger partial charge in [0.2, 0.25) is 0 Å². The van der Waals surface area contributed by atoms with E-state index in [1.165, 1.54) is 42.5 Å². The largest absolute Gasteiger partial charge is 0.385 e. The zero-order chi connectivity index (χ0) is 13.1. The minimum atomic E-state index is 0.0487. The van der Waals surface area contributed by atoms with Crippen LogP contribution in [0.3, 0.4) is 0 Å². The van der Waals surface area contributed by atoms with Crippen LogP contribution in [0.25, 0.3) is 0 Å². The van der Waals surface area contributed by atoms with Crippen LogP contribution in [-0.4, -0.2) is 25.3 Å². The molecule has 1 aromatic carbocycles. The number of nitrogens with one attached hydrogen (secondary N) is 2. The molecular formula is C16H24N2O. The van der Waals surface area contributed by atoms with E-state index < -0.39 is 0 Å². The van der Waals surface area contributed by atoms with Gasteiger partial charge in [-0.25, -0.2) is 0 Å². The molecule has 1 saturated heterocycles. The van der Waals surface area contributed by atoms with Gasteiger partial charge in [-0.3, -0.25) is 0 Å². The SMILES string of the molecule is CC1(CNCc2cccc3c2CCCN3)CCCO1. The highest BCUT2D eigenvalue weighted by molar-refractivity contribution is 5.56. The predicted octanol–water partition coefficient (Wildman–Crippen LogP) is 2.70. The summed E-state index contributed by atoms with van der Waals surface area (Å²) in [6, 6.07) is 6.60. The van der Waals surface area contributed by atoms with E-state index in [-0.39, 0.29) is 5.60 Å². The van der Waals surface area contributed by atoms with Gasteiger partial charge >= 0.3 is 0 Å². The second kappa shape index (κ2) is 5.51. The van der Waals surface area contributed by atoms with Crippen molar-refractivity contribution < 1.29 is 4.74 Å². The molecule has 2 N–H and O–H groups in total. The quantitative estimate of drug-likeness (QED) is 0.873. The van der Waals surface area contributed by atoms with Crippen LogP contribution in [0.4, 0.5) is 5.69 Å². The van der Waals surface area contributed by atoms with Crippen LogP contribution in [0.1, 0.15) is 37.3 Å². The molecule has 1 aromatic rings. The van der Waals surface area contributed by atoms with Crippen molar-refractivity contribution in [3.8, 4) is 0 Å². The van der Waals surface area contributed by atoms with Gasteiger partial charge < -0.3 is 15.4 Å². The Morgan fingerprint density at radius 1 is 1.37 bits per heavy atom. The molecule has 104 valence electrons. The number of hydrogen-bond donors (Lipinski definition) is 2. The Morgan fingerprint density at radius 2 is 2.32 bits per heavy atom. The highest BCUT2D eigenvalue weighted by Gasteiger charge is 2.29. The van der Waals surface area contributed by atoms with Gasteiger partial charge in [-0.1, -0.05) is 12.1 Å². The van der Waals surface area contributed by atoms with Crippen molar-refractivity contribution in [2.24, 2.45) is 0 Å². The first-order valence-electron chi connectivity index (χ1n) is 7.46. The fourth-order valence-electron chi connectivity index (χ4n) is 3.19. The van der Waals surface area contributed by atoms with E-state index in [9.17, 15) is 0 Å². The average Bonchev–Trinajstić information content (AvgIpc) is 2.86. The lowest BCUT2D eigenvalue weighted by Gasteiger charge is -2.25. The van der Waals surface area contributed by atoms with Crippen molar-refractivity contribution in [3.05, 3.63) is 29.3 Å². The Bertz CT molecular complexity index is 438. The summed E-state index contributed by atoms with van der Waals surface area (Å²) >= 11 is 0. The summed E-state index contributed by atoms with van der Waals surface area (Å²) in [6.07, 6.45) is 4.82. The lowest BCUT2D eigenvalue weighted by molar-refractivity contribution is 0.0206. The minimum absolute atomic E-state index is 0.0487. The molecule has 1 fully saturated rings. The van der Waals surface area contributed by atoms with Crippen LogP contribution >= 0.6 is 0 Å².